The van der Waals surface area contributed by atoms with Crippen molar-refractivity contribution in [3.8, 4) is 35.2 Å². The minimum absolute atomic E-state index is 0.688. The molecule has 2 heteroatoms. The Balaban J connectivity index is 0.000000204. The predicted octanol–water partition coefficient (Wildman–Crippen LogP) is 13.3. The van der Waals surface area contributed by atoms with Crippen molar-refractivity contribution in [3.05, 3.63) is 143 Å². The topological polar surface area (TPSA) is 18.5 Å². The van der Waals surface area contributed by atoms with E-state index in [9.17, 15) is 0 Å². The Morgan fingerprint density at radius 3 is 1.21 bits per heavy atom. The van der Waals surface area contributed by atoms with E-state index in [1.54, 1.807) is 7.11 Å². The third kappa shape index (κ3) is 12.9. The molecule has 4 aromatic carbocycles. The lowest BCUT2D eigenvalue weighted by Crippen LogP contribution is -2.05. The van der Waals surface area contributed by atoms with Crippen molar-refractivity contribution in [2.45, 2.75) is 97.8 Å². The number of hydrogen-bond donors (Lipinski definition) is 0. The molecule has 0 saturated carbocycles. The Hall–Kier alpha value is -4.92. The van der Waals surface area contributed by atoms with Crippen LogP contribution in [0.5, 0.6) is 11.5 Å². The molecule has 0 fully saturated rings. The Labute approximate surface area is 320 Å². The monoisotopic (exact) mass is 702 g/mol. The van der Waals surface area contributed by atoms with E-state index in [4.69, 9.17) is 9.47 Å². The third-order valence-electron chi connectivity index (χ3n) is 10.4. The molecular formula is C51H58O2. The normalized spacial score (nSPS) is 16.3. The zero-order valence-corrected chi connectivity index (χ0v) is 32.6. The van der Waals surface area contributed by atoms with E-state index in [1.165, 1.54) is 99.3 Å². The first-order chi connectivity index (χ1) is 26.1. The Kier molecular flexibility index (Phi) is 16.0. The number of rotatable bonds is 11. The molecule has 0 saturated heterocycles. The molecule has 2 nitrogen and oxygen atoms in total. The third-order valence-corrected chi connectivity index (χ3v) is 10.4. The summed E-state index contributed by atoms with van der Waals surface area (Å²) in [6, 6.07) is 33.2. The molecule has 0 radical (unpaired) electrons. The number of allylic oxidation sites excluding steroid dienone is 4. The molecule has 2 atom stereocenters. The molecule has 2 unspecified atom stereocenters. The molecule has 0 bridgehead atoms. The Morgan fingerprint density at radius 1 is 0.509 bits per heavy atom. The van der Waals surface area contributed by atoms with Crippen LogP contribution < -0.4 is 9.47 Å². The quantitative estimate of drug-likeness (QED) is 0.145. The fraction of sp³-hybridized carbons (Fsp3) is 0.373. The zero-order valence-electron chi connectivity index (χ0n) is 32.6. The Morgan fingerprint density at radius 2 is 0.887 bits per heavy atom. The van der Waals surface area contributed by atoms with E-state index in [0.29, 0.717) is 6.61 Å². The van der Waals surface area contributed by atoms with Gasteiger partial charge in [0, 0.05) is 22.3 Å². The van der Waals surface area contributed by atoms with Crippen LogP contribution >= 0.6 is 0 Å². The summed E-state index contributed by atoms with van der Waals surface area (Å²) < 4.78 is 10.6. The number of hydrogen-bond acceptors (Lipinski definition) is 2. The first-order valence-electron chi connectivity index (χ1n) is 20.1. The smallest absolute Gasteiger partial charge is 0.119 e. The molecule has 6 rings (SSSR count). The molecule has 4 aromatic rings. The summed E-state index contributed by atoms with van der Waals surface area (Å²) in [6.07, 6.45) is 20.7. The van der Waals surface area contributed by atoms with Gasteiger partial charge in [-0.15, -0.1) is 0 Å². The standard InChI is InChI=1S/C26H30O.C25H28O/c1-3-5-6-21-9-15-24(16-10-21)25-17-11-22(12-18-25)7-8-23-13-19-26(20-14-23)27-4-2;1-3-4-5-20-8-14-23(15-9-20)24-16-10-21(11-17-24)6-7-22-12-18-25(26-2)19-13-22/h11-15,17-21H,3-6,9-10,16H2,1-2H3;10-14,16-20H,3-5,8-9,15H2,1-2H3. The van der Waals surface area contributed by atoms with Crippen LogP contribution in [-0.4, -0.2) is 13.7 Å². The van der Waals surface area contributed by atoms with Gasteiger partial charge in [-0.05, 0) is 152 Å². The van der Waals surface area contributed by atoms with Gasteiger partial charge in [-0.3, -0.25) is 0 Å². The van der Waals surface area contributed by atoms with Gasteiger partial charge in [0.2, 0.25) is 0 Å². The van der Waals surface area contributed by atoms with Crippen molar-refractivity contribution in [1.82, 2.24) is 0 Å². The summed E-state index contributed by atoms with van der Waals surface area (Å²) in [7, 11) is 1.68. The molecule has 0 aliphatic heterocycles. The number of ether oxygens (including phenoxy) is 2. The van der Waals surface area contributed by atoms with Crippen LogP contribution in [0.15, 0.2) is 109 Å². The van der Waals surface area contributed by atoms with E-state index in [-0.39, 0.29) is 0 Å². The van der Waals surface area contributed by atoms with Crippen LogP contribution in [0.4, 0.5) is 0 Å². The highest BCUT2D eigenvalue weighted by Gasteiger charge is 2.16. The van der Waals surface area contributed by atoms with Crippen LogP contribution in [0.2, 0.25) is 0 Å². The molecule has 0 aromatic heterocycles. The second-order valence-electron chi connectivity index (χ2n) is 14.4. The lowest BCUT2D eigenvalue weighted by molar-refractivity contribution is 0.340. The van der Waals surface area contributed by atoms with Gasteiger partial charge >= 0.3 is 0 Å². The summed E-state index contributed by atoms with van der Waals surface area (Å²) >= 11 is 0. The number of unbranched alkanes of at least 4 members (excludes halogenated alkanes) is 2. The maximum Gasteiger partial charge on any atom is 0.119 e. The van der Waals surface area contributed by atoms with Gasteiger partial charge in [-0.25, -0.2) is 0 Å². The zero-order chi connectivity index (χ0) is 37.1. The van der Waals surface area contributed by atoms with Crippen LogP contribution in [0, 0.1) is 35.5 Å². The molecule has 53 heavy (non-hydrogen) atoms. The molecule has 2 aliphatic carbocycles. The first-order valence-corrected chi connectivity index (χ1v) is 20.1. The molecule has 0 heterocycles. The lowest BCUT2D eigenvalue weighted by atomic mass is 9.84. The lowest BCUT2D eigenvalue weighted by Gasteiger charge is -2.22. The predicted molar refractivity (Wildman–Crippen MR) is 225 cm³/mol. The maximum atomic E-state index is 5.47. The van der Waals surface area contributed by atoms with E-state index in [2.05, 4.69) is 98.2 Å². The minimum atomic E-state index is 0.688. The second-order valence-corrected chi connectivity index (χ2v) is 14.4. The van der Waals surface area contributed by atoms with Gasteiger partial charge in [0.05, 0.1) is 13.7 Å². The van der Waals surface area contributed by atoms with Crippen molar-refractivity contribution in [2.75, 3.05) is 13.7 Å². The molecule has 274 valence electrons. The largest absolute Gasteiger partial charge is 0.497 e. The van der Waals surface area contributed by atoms with Crippen molar-refractivity contribution in [1.29, 1.82) is 0 Å². The summed E-state index contributed by atoms with van der Waals surface area (Å²) in [5.41, 5.74) is 9.86. The average molecular weight is 703 g/mol. The minimum Gasteiger partial charge on any atom is -0.497 e. The van der Waals surface area contributed by atoms with Crippen molar-refractivity contribution in [3.63, 3.8) is 0 Å². The van der Waals surface area contributed by atoms with Gasteiger partial charge in [-0.1, -0.05) is 112 Å². The number of methoxy groups -OCH3 is 1. The number of benzene rings is 4. The van der Waals surface area contributed by atoms with Crippen molar-refractivity contribution < 1.29 is 9.47 Å². The summed E-state index contributed by atoms with van der Waals surface area (Å²) in [5.74, 6) is 16.5. The van der Waals surface area contributed by atoms with Gasteiger partial charge in [0.25, 0.3) is 0 Å². The molecule has 0 amide bonds. The van der Waals surface area contributed by atoms with Crippen LogP contribution in [0.3, 0.4) is 0 Å². The molecule has 2 aliphatic rings. The fourth-order valence-electron chi connectivity index (χ4n) is 7.11. The second kappa shape index (κ2) is 21.6. The van der Waals surface area contributed by atoms with Gasteiger partial charge in [0.15, 0.2) is 0 Å². The van der Waals surface area contributed by atoms with E-state index < -0.39 is 0 Å². The summed E-state index contributed by atoms with van der Waals surface area (Å²) in [4.78, 5) is 0. The highest BCUT2D eigenvalue weighted by atomic mass is 16.5. The van der Waals surface area contributed by atoms with Gasteiger partial charge < -0.3 is 9.47 Å². The average Bonchev–Trinajstić information content (AvgIpc) is 3.22. The highest BCUT2D eigenvalue weighted by Crippen LogP contribution is 2.34. The molecule has 0 N–H and O–H groups in total. The van der Waals surface area contributed by atoms with Crippen LogP contribution in [0.25, 0.3) is 11.1 Å². The van der Waals surface area contributed by atoms with E-state index >= 15 is 0 Å². The van der Waals surface area contributed by atoms with E-state index in [0.717, 1.165) is 45.6 Å². The van der Waals surface area contributed by atoms with Crippen molar-refractivity contribution in [2.24, 2.45) is 11.8 Å². The summed E-state index contributed by atoms with van der Waals surface area (Å²) in [6.45, 7) is 7.24. The van der Waals surface area contributed by atoms with E-state index in [1.807, 2.05) is 55.5 Å². The van der Waals surface area contributed by atoms with Gasteiger partial charge in [-0.2, -0.15) is 0 Å². The molecule has 0 spiro atoms. The SMILES string of the molecule is CCCCC1CC=C(c2ccc(C#Cc3ccc(OC)cc3)cc2)CC1.CCCCC1CC=C(c2ccc(C#Cc3ccc(OCC)cc3)cc2)CC1. The maximum absolute atomic E-state index is 5.47. The first kappa shape index (κ1) is 39.3. The van der Waals surface area contributed by atoms with Crippen LogP contribution in [-0.2, 0) is 0 Å². The molecular weight excluding hydrogens is 645 g/mol. The fourth-order valence-corrected chi connectivity index (χ4v) is 7.11. The Bertz CT molecular complexity index is 1870. The van der Waals surface area contributed by atoms with Crippen LogP contribution in [0.1, 0.15) is 131 Å². The highest BCUT2D eigenvalue weighted by molar-refractivity contribution is 5.68. The summed E-state index contributed by atoms with van der Waals surface area (Å²) in [5, 5.41) is 0. The van der Waals surface area contributed by atoms with Gasteiger partial charge in [0.1, 0.15) is 11.5 Å². The van der Waals surface area contributed by atoms with Crippen molar-refractivity contribution >= 4 is 11.1 Å².